The van der Waals surface area contributed by atoms with Crippen molar-refractivity contribution in [1.82, 2.24) is 25.5 Å². The lowest BCUT2D eigenvalue weighted by atomic mass is 9.97. The van der Waals surface area contributed by atoms with E-state index in [1.54, 1.807) is 23.7 Å². The molecule has 180 valence electrons. The van der Waals surface area contributed by atoms with E-state index >= 15 is 0 Å². The molecule has 1 fully saturated rings. The Balaban J connectivity index is 1.25. The van der Waals surface area contributed by atoms with Crippen molar-refractivity contribution in [2.75, 3.05) is 19.6 Å². The second-order valence-corrected chi connectivity index (χ2v) is 10.1. The first kappa shape index (κ1) is 24.5. The van der Waals surface area contributed by atoms with Gasteiger partial charge in [0.25, 0.3) is 5.91 Å². The van der Waals surface area contributed by atoms with E-state index in [0.29, 0.717) is 18.6 Å². The Bertz CT molecular complexity index is 1030. The molecule has 1 aliphatic heterocycles. The van der Waals surface area contributed by atoms with Gasteiger partial charge in [-0.05, 0) is 98.3 Å². The van der Waals surface area contributed by atoms with Gasteiger partial charge in [0.1, 0.15) is 0 Å². The third-order valence-electron chi connectivity index (χ3n) is 6.85. The van der Waals surface area contributed by atoms with Gasteiger partial charge in [-0.3, -0.25) is 14.8 Å². The van der Waals surface area contributed by atoms with Gasteiger partial charge < -0.3 is 15.5 Å². The molecule has 2 N–H and O–H groups in total. The quantitative estimate of drug-likeness (QED) is 0.475. The molecule has 34 heavy (non-hydrogen) atoms. The highest BCUT2D eigenvalue weighted by Gasteiger charge is 2.26. The Kier molecular flexibility index (Phi) is 8.43. The fourth-order valence-electron chi connectivity index (χ4n) is 4.84. The first-order valence-electron chi connectivity index (χ1n) is 12.1. The Hall–Kier alpha value is -2.61. The fraction of sp³-hybridized carbons (Fsp3) is 0.444. The first-order chi connectivity index (χ1) is 16.5. The molecule has 1 aliphatic rings. The number of thiophene rings is 1. The summed E-state index contributed by atoms with van der Waals surface area (Å²) in [5.41, 5.74) is 5.12. The molecule has 3 aromatic heterocycles. The van der Waals surface area contributed by atoms with E-state index in [-0.39, 0.29) is 11.9 Å². The van der Waals surface area contributed by atoms with Crippen molar-refractivity contribution < 1.29 is 4.79 Å². The summed E-state index contributed by atoms with van der Waals surface area (Å²) in [6, 6.07) is 7.47. The summed E-state index contributed by atoms with van der Waals surface area (Å²) in [6.45, 7) is 8.96. The SMILES string of the molecule is Cc1cncc(C)c1C(=O)NCCC(C)N1CCC(NC(c2cccnc2)c2ccsc2)CC1. The number of carbonyl (C=O) groups is 1. The van der Waals surface area contributed by atoms with Crippen molar-refractivity contribution >= 4 is 17.2 Å². The normalized spacial score (nSPS) is 16.8. The summed E-state index contributed by atoms with van der Waals surface area (Å²) < 4.78 is 0. The van der Waals surface area contributed by atoms with Gasteiger partial charge >= 0.3 is 0 Å². The molecule has 2 unspecified atom stereocenters. The van der Waals surface area contributed by atoms with Gasteiger partial charge in [-0.1, -0.05) is 6.07 Å². The zero-order chi connectivity index (χ0) is 23.9. The molecule has 0 aromatic carbocycles. The van der Waals surface area contributed by atoms with Crippen LogP contribution >= 0.6 is 11.3 Å². The molecule has 1 saturated heterocycles. The van der Waals surface area contributed by atoms with Crippen molar-refractivity contribution in [3.63, 3.8) is 0 Å². The van der Waals surface area contributed by atoms with Crippen molar-refractivity contribution in [2.24, 2.45) is 0 Å². The molecule has 0 spiro atoms. The second kappa shape index (κ2) is 11.7. The van der Waals surface area contributed by atoms with E-state index in [1.807, 2.05) is 32.3 Å². The van der Waals surface area contributed by atoms with E-state index < -0.39 is 0 Å². The second-order valence-electron chi connectivity index (χ2n) is 9.29. The Labute approximate surface area is 206 Å². The van der Waals surface area contributed by atoms with Crippen molar-refractivity contribution in [2.45, 2.75) is 58.2 Å². The van der Waals surface area contributed by atoms with Gasteiger partial charge in [0.2, 0.25) is 0 Å². The smallest absolute Gasteiger partial charge is 0.251 e. The zero-order valence-corrected chi connectivity index (χ0v) is 21.1. The predicted octanol–water partition coefficient (Wildman–Crippen LogP) is 4.51. The Morgan fingerprint density at radius 2 is 1.88 bits per heavy atom. The van der Waals surface area contributed by atoms with Gasteiger partial charge in [0, 0.05) is 49.0 Å². The summed E-state index contributed by atoms with van der Waals surface area (Å²) >= 11 is 1.74. The molecule has 6 nitrogen and oxygen atoms in total. The molecule has 4 rings (SSSR count). The van der Waals surface area contributed by atoms with Gasteiger partial charge in [-0.2, -0.15) is 11.3 Å². The predicted molar refractivity (Wildman–Crippen MR) is 138 cm³/mol. The van der Waals surface area contributed by atoms with Crippen molar-refractivity contribution in [1.29, 1.82) is 0 Å². The number of amides is 1. The molecule has 0 aliphatic carbocycles. The fourth-order valence-corrected chi connectivity index (χ4v) is 5.52. The lowest BCUT2D eigenvalue weighted by Gasteiger charge is -2.38. The average Bonchev–Trinajstić information content (AvgIpc) is 3.38. The maximum Gasteiger partial charge on any atom is 0.251 e. The van der Waals surface area contributed by atoms with Crippen LogP contribution in [0.25, 0.3) is 0 Å². The number of aromatic nitrogens is 2. The summed E-state index contributed by atoms with van der Waals surface area (Å²) in [5.74, 6) is 0.00221. The third kappa shape index (κ3) is 6.09. The number of rotatable bonds is 9. The summed E-state index contributed by atoms with van der Waals surface area (Å²) in [4.78, 5) is 23.7. The van der Waals surface area contributed by atoms with Crippen LogP contribution < -0.4 is 10.6 Å². The van der Waals surface area contributed by atoms with E-state index in [0.717, 1.165) is 49.0 Å². The van der Waals surface area contributed by atoms with Crippen LogP contribution in [0.5, 0.6) is 0 Å². The van der Waals surface area contributed by atoms with Crippen LogP contribution in [-0.4, -0.2) is 52.5 Å². The number of aryl methyl sites for hydroxylation is 2. The number of hydrogen-bond donors (Lipinski definition) is 2. The Morgan fingerprint density at radius 3 is 2.53 bits per heavy atom. The maximum atomic E-state index is 12.6. The van der Waals surface area contributed by atoms with Crippen molar-refractivity contribution in [3.05, 3.63) is 81.6 Å². The molecular formula is C27H35N5OS. The average molecular weight is 478 g/mol. The van der Waals surface area contributed by atoms with E-state index in [2.05, 4.69) is 55.3 Å². The zero-order valence-electron chi connectivity index (χ0n) is 20.3. The van der Waals surface area contributed by atoms with Crippen LogP contribution in [0, 0.1) is 13.8 Å². The monoisotopic (exact) mass is 477 g/mol. The minimum Gasteiger partial charge on any atom is -0.352 e. The van der Waals surface area contributed by atoms with Crippen LogP contribution in [0.4, 0.5) is 0 Å². The van der Waals surface area contributed by atoms with Crippen LogP contribution in [0.2, 0.25) is 0 Å². The molecular weight excluding hydrogens is 442 g/mol. The summed E-state index contributed by atoms with van der Waals surface area (Å²) in [6.07, 6.45) is 10.5. The van der Waals surface area contributed by atoms with Gasteiger partial charge in [-0.15, -0.1) is 0 Å². The lowest BCUT2D eigenvalue weighted by Crippen LogP contribution is -2.47. The maximum absolute atomic E-state index is 12.6. The highest BCUT2D eigenvalue weighted by molar-refractivity contribution is 7.08. The first-order valence-corrected chi connectivity index (χ1v) is 13.1. The molecule has 4 heterocycles. The minimum atomic E-state index is 0.00221. The third-order valence-corrected chi connectivity index (χ3v) is 7.55. The topological polar surface area (TPSA) is 70.2 Å². The van der Waals surface area contributed by atoms with Crippen molar-refractivity contribution in [3.8, 4) is 0 Å². The van der Waals surface area contributed by atoms with E-state index in [4.69, 9.17) is 0 Å². The highest BCUT2D eigenvalue weighted by atomic mass is 32.1. The van der Waals surface area contributed by atoms with Gasteiger partial charge in [0.15, 0.2) is 0 Å². The number of piperidine rings is 1. The standard InChI is InChI=1S/C27H35N5OS/c1-19-15-29-16-20(2)25(19)27(33)30-11-6-21(3)32-12-7-24(8-13-32)31-26(23-9-14-34-18-23)22-5-4-10-28-17-22/h4-5,9-10,14-18,21,24,26,31H,6-8,11-13H2,1-3H3,(H,30,33). The van der Waals surface area contributed by atoms with Crippen LogP contribution in [0.1, 0.15) is 64.8 Å². The number of hydrogen-bond acceptors (Lipinski definition) is 6. The van der Waals surface area contributed by atoms with Gasteiger partial charge in [0.05, 0.1) is 6.04 Å². The van der Waals surface area contributed by atoms with Crippen LogP contribution in [0.3, 0.4) is 0 Å². The summed E-state index contributed by atoms with van der Waals surface area (Å²) in [5, 5.41) is 11.4. The molecule has 2 atom stereocenters. The Morgan fingerprint density at radius 1 is 1.12 bits per heavy atom. The molecule has 0 saturated carbocycles. The molecule has 1 amide bonds. The van der Waals surface area contributed by atoms with Gasteiger partial charge in [-0.25, -0.2) is 0 Å². The number of nitrogens with one attached hydrogen (secondary N) is 2. The number of carbonyl (C=O) groups excluding carboxylic acids is 1. The van der Waals surface area contributed by atoms with E-state index in [1.165, 1.54) is 11.1 Å². The van der Waals surface area contributed by atoms with Crippen LogP contribution in [-0.2, 0) is 0 Å². The molecule has 3 aromatic rings. The molecule has 0 bridgehead atoms. The number of likely N-dealkylation sites (tertiary alicyclic amines) is 1. The summed E-state index contributed by atoms with van der Waals surface area (Å²) in [7, 11) is 0. The number of nitrogens with zero attached hydrogens (tertiary/aromatic N) is 3. The molecule has 7 heteroatoms. The highest BCUT2D eigenvalue weighted by Crippen LogP contribution is 2.26. The van der Waals surface area contributed by atoms with E-state index in [9.17, 15) is 4.79 Å². The number of pyridine rings is 2. The van der Waals surface area contributed by atoms with Crippen LogP contribution in [0.15, 0.2) is 53.7 Å². The minimum absolute atomic E-state index is 0.00221. The largest absolute Gasteiger partial charge is 0.352 e. The lowest BCUT2D eigenvalue weighted by molar-refractivity contribution is 0.0943. The molecule has 0 radical (unpaired) electrons.